The first-order valence-corrected chi connectivity index (χ1v) is 6.06. The number of nitrogens with two attached hydrogens (primary N) is 1. The van der Waals surface area contributed by atoms with E-state index in [2.05, 4.69) is 17.4 Å². The molecule has 1 aromatic rings. The van der Waals surface area contributed by atoms with Crippen LogP contribution in [0.4, 0.5) is 0 Å². The Bertz CT molecular complexity index is 329. The molecule has 0 aliphatic rings. The Hall–Kier alpha value is -0.910. The van der Waals surface area contributed by atoms with Crippen LogP contribution in [0.1, 0.15) is 33.3 Å². The molecule has 0 aliphatic heterocycles. The topological polar surface area (TPSA) is 65.1 Å². The number of aromatic nitrogens is 2. The highest BCUT2D eigenvalue weighted by atomic mass is 16.5. The molecule has 0 saturated carbocycles. The fourth-order valence-corrected chi connectivity index (χ4v) is 1.49. The molecule has 0 bridgehead atoms. The van der Waals surface area contributed by atoms with Crippen LogP contribution in [0.25, 0.3) is 0 Å². The SMILES string of the molecule is CCn1cc(CC(COC(C)(C)C)NN)cn1. The number of hydrazine groups is 1. The normalized spacial score (nSPS) is 13.9. The molecule has 3 N–H and O–H groups in total. The number of hydrogen-bond donors (Lipinski definition) is 2. The lowest BCUT2D eigenvalue weighted by atomic mass is 10.1. The zero-order valence-electron chi connectivity index (χ0n) is 11.2. The Balaban J connectivity index is 2.46. The van der Waals surface area contributed by atoms with Gasteiger partial charge in [0.1, 0.15) is 0 Å². The molecule has 1 aromatic heterocycles. The lowest BCUT2D eigenvalue weighted by Gasteiger charge is -2.23. The number of hydrogen-bond acceptors (Lipinski definition) is 4. The van der Waals surface area contributed by atoms with Crippen molar-refractivity contribution in [1.82, 2.24) is 15.2 Å². The third-order valence-electron chi connectivity index (χ3n) is 2.45. The summed E-state index contributed by atoms with van der Waals surface area (Å²) in [5.41, 5.74) is 3.83. The largest absolute Gasteiger partial charge is 0.374 e. The molecule has 5 nitrogen and oxygen atoms in total. The van der Waals surface area contributed by atoms with Crippen LogP contribution in [0.5, 0.6) is 0 Å². The van der Waals surface area contributed by atoms with Crippen LogP contribution >= 0.6 is 0 Å². The van der Waals surface area contributed by atoms with Crippen molar-refractivity contribution in [1.29, 1.82) is 0 Å². The summed E-state index contributed by atoms with van der Waals surface area (Å²) in [6.45, 7) is 9.66. The van der Waals surface area contributed by atoms with E-state index in [9.17, 15) is 0 Å². The summed E-state index contributed by atoms with van der Waals surface area (Å²) in [6.07, 6.45) is 4.75. The molecule has 0 aliphatic carbocycles. The van der Waals surface area contributed by atoms with E-state index in [0.29, 0.717) is 6.61 Å². The Morgan fingerprint density at radius 3 is 2.71 bits per heavy atom. The van der Waals surface area contributed by atoms with Gasteiger partial charge in [-0.25, -0.2) is 0 Å². The molecule has 0 aromatic carbocycles. The van der Waals surface area contributed by atoms with Crippen LogP contribution < -0.4 is 11.3 Å². The maximum Gasteiger partial charge on any atom is 0.0643 e. The monoisotopic (exact) mass is 240 g/mol. The van der Waals surface area contributed by atoms with Gasteiger partial charge >= 0.3 is 0 Å². The first-order chi connectivity index (χ1) is 7.94. The van der Waals surface area contributed by atoms with Gasteiger partial charge in [-0.3, -0.25) is 16.0 Å². The van der Waals surface area contributed by atoms with E-state index >= 15 is 0 Å². The molecular weight excluding hydrogens is 216 g/mol. The first kappa shape index (κ1) is 14.2. The van der Waals surface area contributed by atoms with Gasteiger partial charge in [0.25, 0.3) is 0 Å². The van der Waals surface area contributed by atoms with Crippen molar-refractivity contribution >= 4 is 0 Å². The Morgan fingerprint density at radius 1 is 1.53 bits per heavy atom. The predicted molar refractivity (Wildman–Crippen MR) is 68.4 cm³/mol. The molecular formula is C12H24N4O. The molecule has 0 amide bonds. The Kier molecular flexibility index (Phi) is 5.11. The van der Waals surface area contributed by atoms with Gasteiger partial charge in [0, 0.05) is 18.8 Å². The third-order valence-corrected chi connectivity index (χ3v) is 2.45. The number of aryl methyl sites for hydroxylation is 1. The number of ether oxygens (including phenoxy) is 1. The highest BCUT2D eigenvalue weighted by Crippen LogP contribution is 2.09. The predicted octanol–water partition coefficient (Wildman–Crippen LogP) is 1.09. The fraction of sp³-hybridized carbons (Fsp3) is 0.750. The summed E-state index contributed by atoms with van der Waals surface area (Å²) in [5.74, 6) is 5.53. The highest BCUT2D eigenvalue weighted by Gasteiger charge is 2.15. The molecule has 1 unspecified atom stereocenters. The van der Waals surface area contributed by atoms with Gasteiger partial charge in [-0.1, -0.05) is 0 Å². The van der Waals surface area contributed by atoms with Crippen molar-refractivity contribution in [2.45, 2.75) is 52.3 Å². The van der Waals surface area contributed by atoms with Crippen molar-refractivity contribution in [3.05, 3.63) is 18.0 Å². The molecule has 1 heterocycles. The van der Waals surface area contributed by atoms with Gasteiger partial charge < -0.3 is 4.74 Å². The summed E-state index contributed by atoms with van der Waals surface area (Å²) in [6, 6.07) is 0.115. The lowest BCUT2D eigenvalue weighted by molar-refractivity contribution is -0.0143. The second kappa shape index (κ2) is 6.14. The van der Waals surface area contributed by atoms with Crippen molar-refractivity contribution < 1.29 is 4.74 Å². The van der Waals surface area contributed by atoms with Crippen LogP contribution in [0.2, 0.25) is 0 Å². The van der Waals surface area contributed by atoms with E-state index in [4.69, 9.17) is 10.6 Å². The molecule has 17 heavy (non-hydrogen) atoms. The van der Waals surface area contributed by atoms with E-state index in [1.54, 1.807) is 0 Å². The molecule has 98 valence electrons. The van der Waals surface area contributed by atoms with E-state index in [-0.39, 0.29) is 11.6 Å². The Morgan fingerprint density at radius 2 is 2.24 bits per heavy atom. The second-order valence-electron chi connectivity index (χ2n) is 5.20. The number of nitrogens with zero attached hydrogens (tertiary/aromatic N) is 2. The lowest BCUT2D eigenvalue weighted by Crippen LogP contribution is -2.42. The highest BCUT2D eigenvalue weighted by molar-refractivity contribution is 5.06. The minimum atomic E-state index is -0.136. The first-order valence-electron chi connectivity index (χ1n) is 6.06. The summed E-state index contributed by atoms with van der Waals surface area (Å²) in [4.78, 5) is 0. The molecule has 0 radical (unpaired) electrons. The van der Waals surface area contributed by atoms with Gasteiger partial charge in [0.05, 0.1) is 18.4 Å². The van der Waals surface area contributed by atoms with Crippen LogP contribution in [0.3, 0.4) is 0 Å². The van der Waals surface area contributed by atoms with Crippen molar-refractivity contribution in [2.75, 3.05) is 6.61 Å². The molecule has 0 fully saturated rings. The smallest absolute Gasteiger partial charge is 0.0643 e. The van der Waals surface area contributed by atoms with Crippen LogP contribution in [-0.4, -0.2) is 28.0 Å². The maximum atomic E-state index is 5.72. The van der Waals surface area contributed by atoms with Crippen molar-refractivity contribution in [3.8, 4) is 0 Å². The van der Waals surface area contributed by atoms with E-state index < -0.39 is 0 Å². The zero-order chi connectivity index (χ0) is 12.9. The van der Waals surface area contributed by atoms with E-state index in [0.717, 1.165) is 13.0 Å². The van der Waals surface area contributed by atoms with Crippen molar-refractivity contribution in [3.63, 3.8) is 0 Å². The van der Waals surface area contributed by atoms with Gasteiger partial charge in [-0.15, -0.1) is 0 Å². The summed E-state index contributed by atoms with van der Waals surface area (Å²) in [5, 5.41) is 4.24. The summed E-state index contributed by atoms with van der Waals surface area (Å²) < 4.78 is 7.63. The third kappa shape index (κ3) is 5.30. The Labute approximate surface area is 103 Å². The van der Waals surface area contributed by atoms with Crippen LogP contribution in [0.15, 0.2) is 12.4 Å². The minimum Gasteiger partial charge on any atom is -0.374 e. The van der Waals surface area contributed by atoms with Gasteiger partial charge in [0.15, 0.2) is 0 Å². The quantitative estimate of drug-likeness (QED) is 0.577. The average Bonchev–Trinajstić information content (AvgIpc) is 2.70. The molecule has 0 spiro atoms. The van der Waals surface area contributed by atoms with Gasteiger partial charge in [-0.2, -0.15) is 5.10 Å². The van der Waals surface area contributed by atoms with Crippen LogP contribution in [-0.2, 0) is 17.7 Å². The standard InChI is InChI=1S/C12H24N4O/c1-5-16-8-10(7-14-16)6-11(15-13)9-17-12(2,3)4/h7-8,11,15H,5-6,9,13H2,1-4H3. The van der Waals surface area contributed by atoms with E-state index in [1.807, 2.05) is 37.8 Å². The maximum absolute atomic E-state index is 5.72. The van der Waals surface area contributed by atoms with Gasteiger partial charge in [0.2, 0.25) is 0 Å². The van der Waals surface area contributed by atoms with Crippen molar-refractivity contribution in [2.24, 2.45) is 5.84 Å². The number of nitrogens with one attached hydrogen (secondary N) is 1. The molecule has 5 heteroatoms. The fourth-order valence-electron chi connectivity index (χ4n) is 1.49. The van der Waals surface area contributed by atoms with E-state index in [1.165, 1.54) is 5.56 Å². The molecule has 0 saturated heterocycles. The van der Waals surface area contributed by atoms with Crippen LogP contribution in [0, 0.1) is 0 Å². The molecule has 1 atom stereocenters. The zero-order valence-corrected chi connectivity index (χ0v) is 11.2. The summed E-state index contributed by atoms with van der Waals surface area (Å²) in [7, 11) is 0. The van der Waals surface area contributed by atoms with Gasteiger partial charge in [-0.05, 0) is 39.7 Å². The molecule has 1 rings (SSSR count). The second-order valence-corrected chi connectivity index (χ2v) is 5.20. The minimum absolute atomic E-state index is 0.115. The number of rotatable bonds is 6. The summed E-state index contributed by atoms with van der Waals surface area (Å²) >= 11 is 0. The average molecular weight is 240 g/mol.